The molecule has 2 aromatic rings. The minimum atomic E-state index is -1.06. The molecule has 5 nitrogen and oxygen atoms in total. The molecule has 2 rings (SSSR count). The SMILES string of the molecule is CSCCCn1nnc(C(=O)O)c1Cc1ccccc1Cl. The predicted molar refractivity (Wildman–Crippen MR) is 84.2 cm³/mol. The molecule has 1 N–H and O–H groups in total. The van der Waals surface area contributed by atoms with E-state index in [1.54, 1.807) is 22.5 Å². The Morgan fingerprint density at radius 1 is 1.43 bits per heavy atom. The molecular weight excluding hydrogens is 310 g/mol. The number of carboxylic acids is 1. The quantitative estimate of drug-likeness (QED) is 0.793. The number of thioether (sulfide) groups is 1. The van der Waals surface area contributed by atoms with Gasteiger partial charge >= 0.3 is 5.97 Å². The molecule has 0 spiro atoms. The first-order valence-corrected chi connectivity index (χ1v) is 8.28. The third kappa shape index (κ3) is 3.98. The average Bonchev–Trinajstić information content (AvgIpc) is 2.85. The number of aryl methyl sites for hydroxylation is 1. The van der Waals surface area contributed by atoms with Crippen LogP contribution in [0.1, 0.15) is 28.2 Å². The molecule has 0 saturated carbocycles. The van der Waals surface area contributed by atoms with E-state index < -0.39 is 5.97 Å². The Hall–Kier alpha value is -1.53. The lowest BCUT2D eigenvalue weighted by Gasteiger charge is -2.08. The van der Waals surface area contributed by atoms with Crippen molar-refractivity contribution in [2.75, 3.05) is 12.0 Å². The molecule has 0 atom stereocenters. The summed E-state index contributed by atoms with van der Waals surface area (Å²) in [5, 5.41) is 17.6. The number of aromatic carboxylic acids is 1. The first-order chi connectivity index (χ1) is 10.1. The molecule has 0 unspecified atom stereocenters. The van der Waals surface area contributed by atoms with Crippen LogP contribution in [-0.4, -0.2) is 38.1 Å². The van der Waals surface area contributed by atoms with Crippen molar-refractivity contribution in [2.24, 2.45) is 0 Å². The van der Waals surface area contributed by atoms with Crippen LogP contribution in [0.5, 0.6) is 0 Å². The molecule has 0 aliphatic rings. The van der Waals surface area contributed by atoms with E-state index in [1.807, 2.05) is 24.5 Å². The van der Waals surface area contributed by atoms with Crippen LogP contribution >= 0.6 is 23.4 Å². The fourth-order valence-electron chi connectivity index (χ4n) is 2.03. The van der Waals surface area contributed by atoms with Gasteiger partial charge in [-0.15, -0.1) is 5.10 Å². The summed E-state index contributed by atoms with van der Waals surface area (Å²) in [5.74, 6) is -0.0680. The minimum Gasteiger partial charge on any atom is -0.476 e. The molecule has 0 aliphatic heterocycles. The van der Waals surface area contributed by atoms with E-state index in [9.17, 15) is 9.90 Å². The highest BCUT2D eigenvalue weighted by atomic mass is 35.5. The molecule has 7 heteroatoms. The zero-order valence-corrected chi connectivity index (χ0v) is 13.2. The van der Waals surface area contributed by atoms with Gasteiger partial charge in [-0.3, -0.25) is 0 Å². The molecule has 0 radical (unpaired) electrons. The summed E-state index contributed by atoms with van der Waals surface area (Å²) in [4.78, 5) is 11.3. The van der Waals surface area contributed by atoms with Crippen molar-refractivity contribution in [2.45, 2.75) is 19.4 Å². The highest BCUT2D eigenvalue weighted by Crippen LogP contribution is 2.20. The standard InChI is InChI=1S/C14H16ClN3O2S/c1-21-8-4-7-18-12(13(14(19)20)16-17-18)9-10-5-2-3-6-11(10)15/h2-3,5-6H,4,7-9H2,1H3,(H,19,20). The summed E-state index contributed by atoms with van der Waals surface area (Å²) in [6.45, 7) is 0.654. The monoisotopic (exact) mass is 325 g/mol. The summed E-state index contributed by atoms with van der Waals surface area (Å²) in [6.07, 6.45) is 3.36. The number of halogens is 1. The number of hydrogen-bond donors (Lipinski definition) is 1. The Bertz CT molecular complexity index is 630. The van der Waals surface area contributed by atoms with Crippen molar-refractivity contribution in [1.29, 1.82) is 0 Å². The zero-order valence-electron chi connectivity index (χ0n) is 11.6. The van der Waals surface area contributed by atoms with Gasteiger partial charge in [0.25, 0.3) is 0 Å². The lowest BCUT2D eigenvalue weighted by Crippen LogP contribution is -2.10. The van der Waals surface area contributed by atoms with E-state index >= 15 is 0 Å². The van der Waals surface area contributed by atoms with Crippen molar-refractivity contribution in [3.8, 4) is 0 Å². The second kappa shape index (κ2) is 7.47. The van der Waals surface area contributed by atoms with Crippen LogP contribution in [0.4, 0.5) is 0 Å². The van der Waals surface area contributed by atoms with Gasteiger partial charge in [-0.1, -0.05) is 35.0 Å². The molecule has 0 fully saturated rings. The summed E-state index contributed by atoms with van der Waals surface area (Å²) in [5.41, 5.74) is 1.46. The third-order valence-electron chi connectivity index (χ3n) is 3.07. The Labute approximate surface area is 132 Å². The normalized spacial score (nSPS) is 10.8. The van der Waals surface area contributed by atoms with Crippen molar-refractivity contribution in [3.05, 3.63) is 46.2 Å². The molecular formula is C14H16ClN3O2S. The fraction of sp³-hybridized carbons (Fsp3) is 0.357. The van der Waals surface area contributed by atoms with E-state index in [1.165, 1.54) is 0 Å². The second-order valence-electron chi connectivity index (χ2n) is 4.53. The van der Waals surface area contributed by atoms with Gasteiger partial charge in [0.2, 0.25) is 0 Å². The van der Waals surface area contributed by atoms with Crippen LogP contribution in [0.25, 0.3) is 0 Å². The maximum atomic E-state index is 11.3. The number of rotatable bonds is 7. The summed E-state index contributed by atoms with van der Waals surface area (Å²) < 4.78 is 1.67. The fourth-order valence-corrected chi connectivity index (χ4v) is 2.65. The number of carboxylic acid groups (broad SMARTS) is 1. The molecule has 112 valence electrons. The summed E-state index contributed by atoms with van der Waals surface area (Å²) in [6, 6.07) is 7.40. The van der Waals surface area contributed by atoms with E-state index in [0.717, 1.165) is 17.7 Å². The topological polar surface area (TPSA) is 68.0 Å². The smallest absolute Gasteiger partial charge is 0.358 e. The van der Waals surface area contributed by atoms with Crippen LogP contribution in [0.2, 0.25) is 5.02 Å². The van der Waals surface area contributed by atoms with Gasteiger partial charge in [0.05, 0.1) is 5.69 Å². The first-order valence-electron chi connectivity index (χ1n) is 6.51. The number of aromatic nitrogens is 3. The predicted octanol–water partition coefficient (Wildman–Crippen LogP) is 2.97. The van der Waals surface area contributed by atoms with Gasteiger partial charge in [0.1, 0.15) is 0 Å². The second-order valence-corrected chi connectivity index (χ2v) is 5.92. The van der Waals surface area contributed by atoms with Gasteiger partial charge in [-0.25, -0.2) is 9.48 Å². The summed E-state index contributed by atoms with van der Waals surface area (Å²) in [7, 11) is 0. The van der Waals surface area contributed by atoms with Crippen LogP contribution in [0.15, 0.2) is 24.3 Å². The first kappa shape index (κ1) is 15.9. The Morgan fingerprint density at radius 2 is 2.19 bits per heavy atom. The van der Waals surface area contributed by atoms with E-state index in [-0.39, 0.29) is 5.69 Å². The number of benzene rings is 1. The Morgan fingerprint density at radius 3 is 2.86 bits per heavy atom. The Kier molecular flexibility index (Phi) is 5.64. The van der Waals surface area contributed by atoms with Gasteiger partial charge in [0.15, 0.2) is 5.69 Å². The van der Waals surface area contributed by atoms with Crippen molar-refractivity contribution >= 4 is 29.3 Å². The number of hydrogen-bond acceptors (Lipinski definition) is 4. The third-order valence-corrected chi connectivity index (χ3v) is 4.14. The molecule has 0 aliphatic carbocycles. The van der Waals surface area contributed by atoms with Crippen LogP contribution < -0.4 is 0 Å². The maximum Gasteiger partial charge on any atom is 0.358 e. The lowest BCUT2D eigenvalue weighted by atomic mass is 10.1. The zero-order chi connectivity index (χ0) is 15.2. The molecule has 0 amide bonds. The number of nitrogens with zero attached hydrogens (tertiary/aromatic N) is 3. The minimum absolute atomic E-state index is 0.000860. The van der Waals surface area contributed by atoms with Crippen LogP contribution in [0.3, 0.4) is 0 Å². The molecule has 1 aromatic heterocycles. The molecule has 0 saturated heterocycles. The van der Waals surface area contributed by atoms with Gasteiger partial charge in [-0.2, -0.15) is 11.8 Å². The highest BCUT2D eigenvalue weighted by molar-refractivity contribution is 7.98. The summed E-state index contributed by atoms with van der Waals surface area (Å²) >= 11 is 7.90. The molecule has 21 heavy (non-hydrogen) atoms. The van der Waals surface area contributed by atoms with Gasteiger partial charge in [-0.05, 0) is 30.1 Å². The maximum absolute atomic E-state index is 11.3. The van der Waals surface area contributed by atoms with E-state index in [0.29, 0.717) is 23.7 Å². The van der Waals surface area contributed by atoms with Crippen molar-refractivity contribution in [3.63, 3.8) is 0 Å². The number of carbonyl (C=O) groups is 1. The molecule has 0 bridgehead atoms. The van der Waals surface area contributed by atoms with Crippen LogP contribution in [0, 0.1) is 0 Å². The van der Waals surface area contributed by atoms with Gasteiger partial charge in [0, 0.05) is 18.0 Å². The average molecular weight is 326 g/mol. The molecule has 1 aromatic carbocycles. The van der Waals surface area contributed by atoms with Crippen LogP contribution in [-0.2, 0) is 13.0 Å². The van der Waals surface area contributed by atoms with Gasteiger partial charge < -0.3 is 5.11 Å². The van der Waals surface area contributed by atoms with E-state index in [2.05, 4.69) is 10.3 Å². The highest BCUT2D eigenvalue weighted by Gasteiger charge is 2.19. The Balaban J connectivity index is 2.28. The van der Waals surface area contributed by atoms with Crippen molar-refractivity contribution in [1.82, 2.24) is 15.0 Å². The largest absolute Gasteiger partial charge is 0.476 e. The lowest BCUT2D eigenvalue weighted by molar-refractivity contribution is 0.0689. The molecule has 1 heterocycles. The van der Waals surface area contributed by atoms with Crippen molar-refractivity contribution < 1.29 is 9.90 Å². The van der Waals surface area contributed by atoms with E-state index in [4.69, 9.17) is 11.6 Å².